The summed E-state index contributed by atoms with van der Waals surface area (Å²) in [4.78, 5) is 0. The first kappa shape index (κ1) is 25.2. The summed E-state index contributed by atoms with van der Waals surface area (Å²) in [6.07, 6.45) is 0. The van der Waals surface area contributed by atoms with Crippen molar-refractivity contribution in [1.29, 1.82) is 0 Å². The maximum absolute atomic E-state index is 7.39. The molecule has 0 bridgehead atoms. The van der Waals surface area contributed by atoms with Gasteiger partial charge < -0.3 is 11.5 Å². The van der Waals surface area contributed by atoms with Gasteiger partial charge in [0.15, 0.2) is 0 Å². The molecule has 0 aliphatic carbocycles. The Kier molecular flexibility index (Phi) is 6.67. The van der Waals surface area contributed by atoms with Crippen molar-refractivity contribution in [1.82, 2.24) is 0 Å². The lowest BCUT2D eigenvalue weighted by molar-refractivity contribution is 1.43. The predicted octanol–water partition coefficient (Wildman–Crippen LogP) is 9.80. The number of rotatable bonds is 5. The average Bonchev–Trinajstić information content (AvgIpc) is 2.99. The first-order valence-electron chi connectivity index (χ1n) is 13.6. The minimum atomic E-state index is 0.736. The van der Waals surface area contributed by atoms with Crippen molar-refractivity contribution in [2.75, 3.05) is 11.5 Å². The normalized spacial score (nSPS) is 10.9. The molecule has 6 rings (SSSR count). The second kappa shape index (κ2) is 10.6. The van der Waals surface area contributed by atoms with Gasteiger partial charge in [0.2, 0.25) is 0 Å². The molecule has 0 fully saturated rings. The molecule has 2 nitrogen and oxygen atoms in total. The Bertz CT molecular complexity index is 1800. The number of nitrogen functional groups attached to an aromatic ring is 2. The number of anilines is 2. The van der Waals surface area contributed by atoms with Gasteiger partial charge in [0.1, 0.15) is 0 Å². The first-order chi connectivity index (χ1) is 19.5. The van der Waals surface area contributed by atoms with Crippen molar-refractivity contribution < 1.29 is 0 Å². The lowest BCUT2D eigenvalue weighted by atomic mass is 9.76. The van der Waals surface area contributed by atoms with Crippen LogP contribution in [0.1, 0.15) is 11.1 Å². The molecule has 40 heavy (non-hydrogen) atoms. The third-order valence-electron chi connectivity index (χ3n) is 7.69. The van der Waals surface area contributed by atoms with E-state index in [0.717, 1.165) is 67.0 Å². The van der Waals surface area contributed by atoms with Gasteiger partial charge in [0, 0.05) is 33.6 Å². The van der Waals surface area contributed by atoms with Crippen molar-refractivity contribution in [2.24, 2.45) is 0 Å². The third-order valence-corrected chi connectivity index (χ3v) is 7.69. The van der Waals surface area contributed by atoms with Crippen molar-refractivity contribution in [3.8, 4) is 55.6 Å². The molecule has 0 saturated heterocycles. The van der Waals surface area contributed by atoms with Crippen molar-refractivity contribution in [3.05, 3.63) is 145 Å². The Morgan fingerprint density at radius 2 is 0.750 bits per heavy atom. The highest BCUT2D eigenvalue weighted by atomic mass is 14.6. The summed E-state index contributed by atoms with van der Waals surface area (Å²) < 4.78 is 0. The summed E-state index contributed by atoms with van der Waals surface area (Å²) in [5, 5.41) is 0. The summed E-state index contributed by atoms with van der Waals surface area (Å²) >= 11 is 0. The van der Waals surface area contributed by atoms with Crippen LogP contribution in [0.3, 0.4) is 0 Å². The van der Waals surface area contributed by atoms with E-state index in [9.17, 15) is 0 Å². The highest BCUT2D eigenvalue weighted by Gasteiger charge is 2.28. The van der Waals surface area contributed by atoms with Gasteiger partial charge in [-0.3, -0.25) is 0 Å². The fourth-order valence-electron chi connectivity index (χ4n) is 5.76. The van der Waals surface area contributed by atoms with E-state index in [4.69, 9.17) is 11.5 Å². The van der Waals surface area contributed by atoms with E-state index in [1.807, 2.05) is 18.2 Å². The van der Waals surface area contributed by atoms with Crippen LogP contribution >= 0.6 is 0 Å². The van der Waals surface area contributed by atoms with Crippen LogP contribution in [0.4, 0.5) is 11.4 Å². The van der Waals surface area contributed by atoms with Gasteiger partial charge in [-0.05, 0) is 70.5 Å². The molecule has 0 heterocycles. The number of hydrogen-bond acceptors (Lipinski definition) is 2. The summed E-state index contributed by atoms with van der Waals surface area (Å²) in [5.74, 6) is 0. The minimum absolute atomic E-state index is 0.736. The second-order valence-electron chi connectivity index (χ2n) is 10.3. The monoisotopic (exact) mass is 516 g/mol. The van der Waals surface area contributed by atoms with Gasteiger partial charge in [-0.2, -0.15) is 0 Å². The van der Waals surface area contributed by atoms with Crippen LogP contribution < -0.4 is 11.5 Å². The van der Waals surface area contributed by atoms with Crippen LogP contribution in [0.5, 0.6) is 0 Å². The highest BCUT2D eigenvalue weighted by Crippen LogP contribution is 2.54. The van der Waals surface area contributed by atoms with Crippen LogP contribution in [-0.4, -0.2) is 0 Å². The topological polar surface area (TPSA) is 52.0 Å². The summed E-state index contributed by atoms with van der Waals surface area (Å²) in [6.45, 7) is 4.33. The molecule has 0 radical (unpaired) electrons. The zero-order valence-electron chi connectivity index (χ0n) is 22.9. The minimum Gasteiger partial charge on any atom is -0.399 e. The van der Waals surface area contributed by atoms with E-state index in [2.05, 4.69) is 129 Å². The Morgan fingerprint density at radius 3 is 1.27 bits per heavy atom. The van der Waals surface area contributed by atoms with E-state index in [-0.39, 0.29) is 0 Å². The van der Waals surface area contributed by atoms with Gasteiger partial charge in [-0.15, -0.1) is 0 Å². The molecule has 0 aliphatic rings. The summed E-state index contributed by atoms with van der Waals surface area (Å²) in [7, 11) is 0. The Hall–Kier alpha value is -5.08. The molecular weight excluding hydrogens is 484 g/mol. The van der Waals surface area contributed by atoms with E-state index in [0.29, 0.717) is 0 Å². The summed E-state index contributed by atoms with van der Waals surface area (Å²) in [6, 6.07) is 46.5. The molecule has 2 heteroatoms. The van der Waals surface area contributed by atoms with Crippen LogP contribution in [0.25, 0.3) is 55.6 Å². The molecule has 0 aliphatic heterocycles. The zero-order chi connectivity index (χ0) is 27.6. The molecule has 0 atom stereocenters. The smallest absolute Gasteiger partial charge is 0.0486 e. The molecule has 0 saturated carbocycles. The molecule has 0 spiro atoms. The van der Waals surface area contributed by atoms with E-state index >= 15 is 0 Å². The fraction of sp³-hybridized carbons (Fsp3) is 0.0526. The van der Waals surface area contributed by atoms with Crippen LogP contribution in [0.2, 0.25) is 0 Å². The molecule has 6 aromatic rings. The maximum atomic E-state index is 7.39. The average molecular weight is 517 g/mol. The van der Waals surface area contributed by atoms with Gasteiger partial charge in [-0.25, -0.2) is 0 Å². The SMILES string of the molecule is Cc1ccccc1-c1c(N)c(-c2ccccc2)c(-c2ccccc2)c(-c2ccc(N)cc2)c1-c1ccccc1C. The quantitative estimate of drug-likeness (QED) is 0.224. The van der Waals surface area contributed by atoms with Gasteiger partial charge >= 0.3 is 0 Å². The van der Waals surface area contributed by atoms with Gasteiger partial charge in [0.05, 0.1) is 0 Å². The summed E-state index contributed by atoms with van der Waals surface area (Å²) in [5.41, 5.74) is 28.5. The van der Waals surface area contributed by atoms with E-state index in [1.54, 1.807) is 0 Å². The number of benzene rings is 6. The highest BCUT2D eigenvalue weighted by molar-refractivity contribution is 6.14. The van der Waals surface area contributed by atoms with Crippen molar-refractivity contribution >= 4 is 11.4 Å². The lowest BCUT2D eigenvalue weighted by Gasteiger charge is -2.28. The largest absolute Gasteiger partial charge is 0.399 e. The zero-order valence-corrected chi connectivity index (χ0v) is 22.9. The van der Waals surface area contributed by atoms with Gasteiger partial charge in [0.25, 0.3) is 0 Å². The molecule has 0 amide bonds. The lowest BCUT2D eigenvalue weighted by Crippen LogP contribution is -2.05. The van der Waals surface area contributed by atoms with Crippen molar-refractivity contribution in [2.45, 2.75) is 13.8 Å². The number of aryl methyl sites for hydroxylation is 2. The van der Waals surface area contributed by atoms with Gasteiger partial charge in [-0.1, -0.05) is 121 Å². The standard InChI is InChI=1S/C38H32N2/c1-25-13-9-11-19-31(25)36-34(29-21-23-30(39)24-22-29)33(27-15-5-3-6-16-27)35(28-17-7-4-8-18-28)38(40)37(36)32-20-12-10-14-26(32)2/h3-24H,39-40H2,1-2H3. The van der Waals surface area contributed by atoms with Crippen molar-refractivity contribution in [3.63, 3.8) is 0 Å². The van der Waals surface area contributed by atoms with Crippen LogP contribution in [0.15, 0.2) is 133 Å². The molecule has 0 aromatic heterocycles. The van der Waals surface area contributed by atoms with E-state index < -0.39 is 0 Å². The Labute approximate surface area is 236 Å². The maximum Gasteiger partial charge on any atom is 0.0486 e. The first-order valence-corrected chi connectivity index (χ1v) is 13.6. The molecule has 194 valence electrons. The van der Waals surface area contributed by atoms with E-state index in [1.165, 1.54) is 11.1 Å². The molecule has 0 unspecified atom stereocenters. The van der Waals surface area contributed by atoms with Crippen LogP contribution in [-0.2, 0) is 0 Å². The third kappa shape index (κ3) is 4.44. The fourth-order valence-corrected chi connectivity index (χ4v) is 5.76. The van der Waals surface area contributed by atoms with Crippen LogP contribution in [0, 0.1) is 13.8 Å². The number of nitrogens with two attached hydrogens (primary N) is 2. The number of hydrogen-bond donors (Lipinski definition) is 2. The second-order valence-corrected chi connectivity index (χ2v) is 10.3. The Balaban J connectivity index is 1.92. The molecule has 4 N–H and O–H groups in total. The molecular formula is C38H32N2. The molecule has 6 aromatic carbocycles. The Morgan fingerprint density at radius 1 is 0.350 bits per heavy atom. The predicted molar refractivity (Wildman–Crippen MR) is 172 cm³/mol.